The molecule has 36 heavy (non-hydrogen) atoms. The zero-order valence-electron chi connectivity index (χ0n) is 20.8. The summed E-state index contributed by atoms with van der Waals surface area (Å²) in [5.74, 6) is 3.31. The number of aromatic hydroxyl groups is 1. The molecule has 1 aromatic carbocycles. The van der Waals surface area contributed by atoms with E-state index in [-0.39, 0.29) is 22.5 Å². The fraction of sp³-hybridized carbons (Fsp3) is 0.500. The van der Waals surface area contributed by atoms with Crippen molar-refractivity contribution >= 4 is 23.3 Å². The number of nitrogens with one attached hydrogen (secondary N) is 1. The minimum atomic E-state index is -0.262. The Hall–Kier alpha value is -2.66. The van der Waals surface area contributed by atoms with Crippen LogP contribution in [0.5, 0.6) is 5.75 Å². The second-order valence-corrected chi connectivity index (χ2v) is 12.6. The highest BCUT2D eigenvalue weighted by atomic mass is 35.5. The lowest BCUT2D eigenvalue weighted by molar-refractivity contribution is -0.117. The van der Waals surface area contributed by atoms with E-state index >= 15 is 0 Å². The van der Waals surface area contributed by atoms with Gasteiger partial charge in [-0.25, -0.2) is 9.97 Å². The van der Waals surface area contributed by atoms with E-state index in [9.17, 15) is 9.90 Å². The number of amides is 1. The molecule has 4 saturated carbocycles. The van der Waals surface area contributed by atoms with E-state index < -0.39 is 0 Å². The smallest absolute Gasteiger partial charge is 0.226 e. The van der Waals surface area contributed by atoms with Crippen LogP contribution >= 0.6 is 11.6 Å². The van der Waals surface area contributed by atoms with Crippen LogP contribution in [-0.4, -0.2) is 21.0 Å². The molecular formula is C30H34ClN3O2. The number of hydrogen-bond acceptors (Lipinski definition) is 4. The number of anilines is 1. The van der Waals surface area contributed by atoms with Crippen LogP contribution < -0.4 is 5.32 Å². The van der Waals surface area contributed by atoms with Gasteiger partial charge in [0.25, 0.3) is 0 Å². The maximum absolute atomic E-state index is 13.2. The highest BCUT2D eigenvalue weighted by Gasteiger charge is 2.51. The topological polar surface area (TPSA) is 75.1 Å². The first-order chi connectivity index (χ1) is 17.3. The van der Waals surface area contributed by atoms with Crippen LogP contribution in [0.4, 0.5) is 5.82 Å². The molecule has 7 rings (SSSR count). The van der Waals surface area contributed by atoms with Gasteiger partial charge in [0.15, 0.2) is 5.82 Å². The Bertz CT molecular complexity index is 1200. The van der Waals surface area contributed by atoms with Crippen LogP contribution in [0.15, 0.2) is 53.7 Å². The van der Waals surface area contributed by atoms with E-state index in [0.29, 0.717) is 12.2 Å². The van der Waals surface area contributed by atoms with E-state index in [1.807, 2.05) is 30.4 Å². The van der Waals surface area contributed by atoms with E-state index in [2.05, 4.69) is 12.2 Å². The highest BCUT2D eigenvalue weighted by molar-refractivity contribution is 6.31. The van der Waals surface area contributed by atoms with Gasteiger partial charge in [0.05, 0.1) is 17.6 Å². The average Bonchev–Trinajstić information content (AvgIpc) is 2.82. The molecule has 0 spiro atoms. The maximum Gasteiger partial charge on any atom is 0.226 e. The van der Waals surface area contributed by atoms with Crippen molar-refractivity contribution in [2.45, 2.75) is 64.7 Å². The van der Waals surface area contributed by atoms with Crippen molar-refractivity contribution < 1.29 is 9.90 Å². The van der Waals surface area contributed by atoms with Crippen LogP contribution in [0.3, 0.4) is 0 Å². The number of phenols is 1. The van der Waals surface area contributed by atoms with Gasteiger partial charge in [0, 0.05) is 17.0 Å². The SMILES string of the molecule is CC1(CC(=O)Nc2ncc(-c3ccc(O)cc3)nc2CC23CC4CC(CC(C4)C2)C3)C=CC(Cl)=CC1. The minimum absolute atomic E-state index is 0.0491. The largest absolute Gasteiger partial charge is 0.508 e. The second kappa shape index (κ2) is 9.02. The Morgan fingerprint density at radius 1 is 1.11 bits per heavy atom. The fourth-order valence-electron chi connectivity index (χ4n) is 7.71. The Labute approximate surface area is 218 Å². The summed E-state index contributed by atoms with van der Waals surface area (Å²) >= 11 is 6.09. The predicted molar refractivity (Wildman–Crippen MR) is 142 cm³/mol. The molecule has 188 valence electrons. The molecule has 4 bridgehead atoms. The summed E-state index contributed by atoms with van der Waals surface area (Å²) in [7, 11) is 0. The first-order valence-corrected chi connectivity index (χ1v) is 13.6. The number of rotatable bonds is 6. The zero-order valence-corrected chi connectivity index (χ0v) is 21.6. The van der Waals surface area contributed by atoms with Crippen molar-refractivity contribution in [3.8, 4) is 17.0 Å². The summed E-state index contributed by atoms with van der Waals surface area (Å²) in [6.45, 7) is 2.08. The van der Waals surface area contributed by atoms with Gasteiger partial charge in [-0.1, -0.05) is 30.7 Å². The lowest BCUT2D eigenvalue weighted by Crippen LogP contribution is -2.47. The predicted octanol–water partition coefficient (Wildman–Crippen LogP) is 7.03. The zero-order chi connectivity index (χ0) is 24.9. The van der Waals surface area contributed by atoms with Crippen molar-refractivity contribution in [2.24, 2.45) is 28.6 Å². The summed E-state index contributed by atoms with van der Waals surface area (Å²) < 4.78 is 0. The number of aromatic nitrogens is 2. The van der Waals surface area contributed by atoms with E-state index in [0.717, 1.165) is 52.6 Å². The molecule has 4 fully saturated rings. The molecule has 0 radical (unpaired) electrons. The van der Waals surface area contributed by atoms with Crippen LogP contribution in [-0.2, 0) is 11.2 Å². The number of carbonyl (C=O) groups excluding carboxylic acids is 1. The highest BCUT2D eigenvalue weighted by Crippen LogP contribution is 2.61. The van der Waals surface area contributed by atoms with Gasteiger partial charge in [-0.3, -0.25) is 4.79 Å². The molecular weight excluding hydrogens is 470 g/mol. The molecule has 0 aliphatic heterocycles. The molecule has 1 amide bonds. The first kappa shape index (κ1) is 23.7. The van der Waals surface area contributed by atoms with Crippen molar-refractivity contribution in [2.75, 3.05) is 5.32 Å². The molecule has 5 nitrogen and oxygen atoms in total. The molecule has 1 heterocycles. The van der Waals surface area contributed by atoms with Crippen LogP contribution in [0.2, 0.25) is 0 Å². The van der Waals surface area contributed by atoms with E-state index in [1.165, 1.54) is 38.5 Å². The van der Waals surface area contributed by atoms with Crippen molar-refractivity contribution in [3.63, 3.8) is 0 Å². The summed E-state index contributed by atoms with van der Waals surface area (Å²) in [5.41, 5.74) is 2.59. The number of carbonyl (C=O) groups is 1. The Balaban J connectivity index is 1.28. The summed E-state index contributed by atoms with van der Waals surface area (Å²) in [6, 6.07) is 7.07. The van der Waals surface area contributed by atoms with Gasteiger partial charge >= 0.3 is 0 Å². The van der Waals surface area contributed by atoms with Gasteiger partial charge in [-0.2, -0.15) is 0 Å². The quantitative estimate of drug-likeness (QED) is 0.444. The Morgan fingerprint density at radius 3 is 2.39 bits per heavy atom. The molecule has 2 aromatic rings. The van der Waals surface area contributed by atoms with Crippen LogP contribution in [0.25, 0.3) is 11.3 Å². The number of benzene rings is 1. The van der Waals surface area contributed by atoms with Gasteiger partial charge in [-0.05, 0) is 110 Å². The number of allylic oxidation sites excluding steroid dienone is 4. The number of phenolic OH excluding ortho intramolecular Hbond substituents is 1. The van der Waals surface area contributed by atoms with Crippen molar-refractivity contribution in [3.05, 3.63) is 59.4 Å². The summed E-state index contributed by atoms with van der Waals surface area (Å²) in [6.07, 6.45) is 17.6. The van der Waals surface area contributed by atoms with Gasteiger partial charge in [0.2, 0.25) is 5.91 Å². The maximum atomic E-state index is 13.2. The molecule has 5 aliphatic rings. The molecule has 1 unspecified atom stereocenters. The van der Waals surface area contributed by atoms with Crippen molar-refractivity contribution in [1.29, 1.82) is 0 Å². The monoisotopic (exact) mass is 503 g/mol. The lowest BCUT2D eigenvalue weighted by atomic mass is 9.48. The minimum Gasteiger partial charge on any atom is -0.508 e. The standard InChI is InChI=1S/C30H34ClN3O2/c1-29(8-6-23(31)7-9-29)17-27(36)34-28-25(33-26(18-32-28)22-2-4-24(35)5-3-22)16-30-13-19-10-20(14-30)12-21(11-19)15-30/h2-8,18-21,35H,9-17H2,1H3,(H,32,34,36). The Morgan fingerprint density at radius 2 is 1.78 bits per heavy atom. The van der Waals surface area contributed by atoms with Crippen LogP contribution in [0, 0.1) is 28.6 Å². The molecule has 6 heteroatoms. The lowest BCUT2D eigenvalue weighted by Gasteiger charge is -2.57. The third-order valence-corrected chi connectivity index (χ3v) is 9.23. The molecule has 5 aliphatic carbocycles. The van der Waals surface area contributed by atoms with Gasteiger partial charge < -0.3 is 10.4 Å². The third kappa shape index (κ3) is 4.82. The van der Waals surface area contributed by atoms with Gasteiger partial charge in [-0.15, -0.1) is 0 Å². The molecule has 1 aromatic heterocycles. The van der Waals surface area contributed by atoms with E-state index in [1.54, 1.807) is 18.3 Å². The molecule has 2 N–H and O–H groups in total. The molecule has 1 atom stereocenters. The van der Waals surface area contributed by atoms with Gasteiger partial charge in [0.1, 0.15) is 5.75 Å². The third-order valence-electron chi connectivity index (χ3n) is 8.95. The van der Waals surface area contributed by atoms with Crippen molar-refractivity contribution in [1.82, 2.24) is 9.97 Å². The number of hydrogen-bond donors (Lipinski definition) is 2. The van der Waals surface area contributed by atoms with E-state index in [4.69, 9.17) is 21.6 Å². The summed E-state index contributed by atoms with van der Waals surface area (Å²) in [4.78, 5) is 23.0. The summed E-state index contributed by atoms with van der Waals surface area (Å²) in [5, 5.41) is 13.6. The second-order valence-electron chi connectivity index (χ2n) is 12.2. The molecule has 0 saturated heterocycles. The normalized spacial score (nSPS) is 32.4. The number of nitrogens with zero attached hydrogens (tertiary/aromatic N) is 2. The fourth-order valence-corrected chi connectivity index (χ4v) is 7.85. The Kier molecular flexibility index (Phi) is 5.94. The van der Waals surface area contributed by atoms with Crippen LogP contribution in [0.1, 0.15) is 64.0 Å². The first-order valence-electron chi connectivity index (χ1n) is 13.3. The average molecular weight is 504 g/mol. The number of halogens is 1.